The van der Waals surface area contributed by atoms with Gasteiger partial charge < -0.3 is 4.74 Å². The smallest absolute Gasteiger partial charge is 0.337 e. The van der Waals surface area contributed by atoms with Gasteiger partial charge in [-0.05, 0) is 29.8 Å². The highest BCUT2D eigenvalue weighted by atomic mass is 32.2. The molecule has 2 aromatic carbocycles. The maximum atomic E-state index is 13.1. The van der Waals surface area contributed by atoms with Crippen molar-refractivity contribution in [2.75, 3.05) is 7.11 Å². The second kappa shape index (κ2) is 6.84. The molecular weight excluding hydrogens is 328 g/mol. The molecule has 0 atom stereocenters. The molecular formula is C15H13F2NO4S. The molecule has 122 valence electrons. The Kier molecular flexibility index (Phi) is 5.07. The van der Waals surface area contributed by atoms with Gasteiger partial charge in [0, 0.05) is 12.6 Å². The molecule has 0 bridgehead atoms. The SMILES string of the molecule is COC(=O)c1ccc(CNS(=O)(=O)c2cc(F)cc(F)c2)cc1. The van der Waals surface area contributed by atoms with E-state index < -0.39 is 32.5 Å². The first kappa shape index (κ1) is 17.0. The lowest BCUT2D eigenvalue weighted by molar-refractivity contribution is 0.0600. The number of benzene rings is 2. The summed E-state index contributed by atoms with van der Waals surface area (Å²) < 4.78 is 57.0. The van der Waals surface area contributed by atoms with Crippen molar-refractivity contribution in [2.24, 2.45) is 0 Å². The second-order valence-electron chi connectivity index (χ2n) is 4.62. The Hall–Kier alpha value is -2.32. The molecule has 0 aliphatic carbocycles. The summed E-state index contributed by atoms with van der Waals surface area (Å²) in [5.41, 5.74) is 0.893. The number of carbonyl (C=O) groups excluding carboxylic acids is 1. The number of ether oxygens (including phenoxy) is 1. The van der Waals surface area contributed by atoms with Crippen LogP contribution >= 0.6 is 0 Å². The number of carbonyl (C=O) groups is 1. The molecule has 0 unspecified atom stereocenters. The summed E-state index contributed by atoms with van der Waals surface area (Å²) in [5.74, 6) is -2.46. The highest BCUT2D eigenvalue weighted by Gasteiger charge is 2.16. The van der Waals surface area contributed by atoms with Crippen molar-refractivity contribution in [3.05, 3.63) is 65.2 Å². The summed E-state index contributed by atoms with van der Waals surface area (Å²) in [7, 11) is -2.80. The van der Waals surface area contributed by atoms with Gasteiger partial charge >= 0.3 is 5.97 Å². The third-order valence-electron chi connectivity index (χ3n) is 2.99. The van der Waals surface area contributed by atoms with E-state index in [-0.39, 0.29) is 6.54 Å². The number of hydrogen-bond donors (Lipinski definition) is 1. The van der Waals surface area contributed by atoms with Crippen LogP contribution in [0.25, 0.3) is 0 Å². The molecule has 0 heterocycles. The molecule has 0 saturated heterocycles. The van der Waals surface area contributed by atoms with E-state index in [2.05, 4.69) is 9.46 Å². The van der Waals surface area contributed by atoms with Gasteiger partial charge in [-0.15, -0.1) is 0 Å². The third kappa shape index (κ3) is 4.33. The summed E-state index contributed by atoms with van der Waals surface area (Å²) in [6, 6.07) is 8.10. The number of methoxy groups -OCH3 is 1. The first-order chi connectivity index (χ1) is 10.8. The Morgan fingerprint density at radius 1 is 1.09 bits per heavy atom. The van der Waals surface area contributed by atoms with E-state index in [1.165, 1.54) is 19.2 Å². The van der Waals surface area contributed by atoms with Crippen LogP contribution in [0.2, 0.25) is 0 Å². The van der Waals surface area contributed by atoms with Crippen LogP contribution in [-0.2, 0) is 21.3 Å². The zero-order valence-electron chi connectivity index (χ0n) is 12.0. The molecule has 0 radical (unpaired) electrons. The van der Waals surface area contributed by atoms with Crippen molar-refractivity contribution in [1.82, 2.24) is 4.72 Å². The van der Waals surface area contributed by atoms with Crippen LogP contribution in [0, 0.1) is 11.6 Å². The number of sulfonamides is 1. The first-order valence-corrected chi connectivity index (χ1v) is 7.93. The molecule has 2 rings (SSSR count). The summed E-state index contributed by atoms with van der Waals surface area (Å²) in [4.78, 5) is 10.8. The normalized spacial score (nSPS) is 11.3. The highest BCUT2D eigenvalue weighted by Crippen LogP contribution is 2.14. The Morgan fingerprint density at radius 3 is 2.17 bits per heavy atom. The zero-order chi connectivity index (χ0) is 17.0. The molecule has 0 fully saturated rings. The van der Waals surface area contributed by atoms with Gasteiger partial charge in [-0.2, -0.15) is 0 Å². The van der Waals surface area contributed by atoms with Gasteiger partial charge in [0.05, 0.1) is 17.6 Å². The third-order valence-corrected chi connectivity index (χ3v) is 4.37. The Balaban J connectivity index is 2.11. The monoisotopic (exact) mass is 341 g/mol. The van der Waals surface area contributed by atoms with Gasteiger partial charge in [0.1, 0.15) is 11.6 Å². The Labute approximate surface area is 132 Å². The Morgan fingerprint density at radius 2 is 1.65 bits per heavy atom. The number of esters is 1. The van der Waals surface area contributed by atoms with Crippen molar-refractivity contribution in [3.8, 4) is 0 Å². The van der Waals surface area contributed by atoms with Crippen LogP contribution in [0.15, 0.2) is 47.4 Å². The number of rotatable bonds is 5. The van der Waals surface area contributed by atoms with E-state index in [1.807, 2.05) is 0 Å². The van der Waals surface area contributed by atoms with Crippen LogP contribution in [0.5, 0.6) is 0 Å². The molecule has 0 amide bonds. The van der Waals surface area contributed by atoms with Crippen molar-refractivity contribution >= 4 is 16.0 Å². The summed E-state index contributed by atoms with van der Waals surface area (Å²) in [6.07, 6.45) is 0. The average molecular weight is 341 g/mol. The fourth-order valence-corrected chi connectivity index (χ4v) is 2.88. The van der Waals surface area contributed by atoms with Crippen LogP contribution in [-0.4, -0.2) is 21.5 Å². The molecule has 0 aromatic heterocycles. The van der Waals surface area contributed by atoms with Crippen molar-refractivity contribution in [3.63, 3.8) is 0 Å². The van der Waals surface area contributed by atoms with Gasteiger partial charge in [-0.25, -0.2) is 26.7 Å². The molecule has 0 saturated carbocycles. The first-order valence-electron chi connectivity index (χ1n) is 6.45. The van der Waals surface area contributed by atoms with Gasteiger partial charge in [-0.1, -0.05) is 12.1 Å². The average Bonchev–Trinajstić information content (AvgIpc) is 2.52. The minimum absolute atomic E-state index is 0.0953. The molecule has 23 heavy (non-hydrogen) atoms. The fourth-order valence-electron chi connectivity index (χ4n) is 1.82. The molecule has 8 heteroatoms. The van der Waals surface area contributed by atoms with Gasteiger partial charge in [-0.3, -0.25) is 0 Å². The van der Waals surface area contributed by atoms with Gasteiger partial charge in [0.2, 0.25) is 10.0 Å². The van der Waals surface area contributed by atoms with E-state index in [9.17, 15) is 22.0 Å². The van der Waals surface area contributed by atoms with E-state index in [0.29, 0.717) is 17.2 Å². The van der Waals surface area contributed by atoms with E-state index >= 15 is 0 Å². The summed E-state index contributed by atoms with van der Waals surface area (Å²) in [6.45, 7) is -0.0953. The number of nitrogens with one attached hydrogen (secondary N) is 1. The predicted octanol–water partition coefficient (Wildman–Crippen LogP) is 2.23. The number of halogens is 2. The van der Waals surface area contributed by atoms with Crippen LogP contribution in [0.3, 0.4) is 0 Å². The largest absolute Gasteiger partial charge is 0.465 e. The van der Waals surface area contributed by atoms with Gasteiger partial charge in [0.15, 0.2) is 0 Å². The van der Waals surface area contributed by atoms with Crippen molar-refractivity contribution < 1.29 is 26.7 Å². The van der Waals surface area contributed by atoms with Crippen LogP contribution in [0.1, 0.15) is 15.9 Å². The van der Waals surface area contributed by atoms with Crippen molar-refractivity contribution in [1.29, 1.82) is 0 Å². The van der Waals surface area contributed by atoms with E-state index in [0.717, 1.165) is 12.1 Å². The second-order valence-corrected chi connectivity index (χ2v) is 6.39. The minimum Gasteiger partial charge on any atom is -0.465 e. The summed E-state index contributed by atoms with van der Waals surface area (Å²) in [5, 5.41) is 0. The zero-order valence-corrected chi connectivity index (χ0v) is 12.9. The number of hydrogen-bond acceptors (Lipinski definition) is 4. The molecule has 2 aromatic rings. The summed E-state index contributed by atoms with van der Waals surface area (Å²) >= 11 is 0. The van der Waals surface area contributed by atoms with E-state index in [1.54, 1.807) is 12.1 Å². The fraction of sp³-hybridized carbons (Fsp3) is 0.133. The predicted molar refractivity (Wildman–Crippen MR) is 78.2 cm³/mol. The minimum atomic E-state index is -4.06. The maximum absolute atomic E-state index is 13.1. The highest BCUT2D eigenvalue weighted by molar-refractivity contribution is 7.89. The van der Waals surface area contributed by atoms with Crippen molar-refractivity contribution in [2.45, 2.75) is 11.4 Å². The maximum Gasteiger partial charge on any atom is 0.337 e. The van der Waals surface area contributed by atoms with Crippen LogP contribution < -0.4 is 4.72 Å². The topological polar surface area (TPSA) is 72.5 Å². The van der Waals surface area contributed by atoms with Gasteiger partial charge in [0.25, 0.3) is 0 Å². The Bertz CT molecular complexity index is 800. The molecule has 0 aliphatic rings. The quantitative estimate of drug-likeness (QED) is 0.847. The lowest BCUT2D eigenvalue weighted by Crippen LogP contribution is -2.23. The standard InChI is InChI=1S/C15H13F2NO4S/c1-22-15(19)11-4-2-10(3-5-11)9-18-23(20,21)14-7-12(16)6-13(17)8-14/h2-8,18H,9H2,1H3. The lowest BCUT2D eigenvalue weighted by atomic mass is 10.1. The molecule has 0 spiro atoms. The lowest BCUT2D eigenvalue weighted by Gasteiger charge is -2.08. The molecule has 1 N–H and O–H groups in total. The molecule has 0 aliphatic heterocycles. The van der Waals surface area contributed by atoms with Crippen LogP contribution in [0.4, 0.5) is 8.78 Å². The van der Waals surface area contributed by atoms with E-state index in [4.69, 9.17) is 0 Å². The molecule has 5 nitrogen and oxygen atoms in total.